The van der Waals surface area contributed by atoms with Gasteiger partial charge in [0.1, 0.15) is 5.75 Å². The van der Waals surface area contributed by atoms with Crippen LogP contribution >= 0.6 is 12.4 Å². The quantitative estimate of drug-likeness (QED) is 0.758. The zero-order chi connectivity index (χ0) is 15.9. The molecule has 0 aliphatic rings. The fraction of sp³-hybridized carbons (Fsp3) is 0.588. The lowest BCUT2D eigenvalue weighted by atomic mass is 9.96. The summed E-state index contributed by atoms with van der Waals surface area (Å²) in [5.41, 5.74) is 5.90. The van der Waals surface area contributed by atoms with Crippen molar-refractivity contribution in [2.24, 2.45) is 11.7 Å². The van der Waals surface area contributed by atoms with E-state index in [1.54, 1.807) is 6.92 Å². The summed E-state index contributed by atoms with van der Waals surface area (Å²) >= 11 is 0. The van der Waals surface area contributed by atoms with Crippen molar-refractivity contribution in [3.05, 3.63) is 24.3 Å². The minimum absolute atomic E-state index is 0. The number of benzene rings is 1. The molecule has 0 radical (unpaired) electrons. The Labute approximate surface area is 140 Å². The topological polar surface area (TPSA) is 64.4 Å². The molecular formula is C17H29ClN2O2. The Balaban J connectivity index is 0.00000441. The minimum atomic E-state index is -0.844. The predicted octanol–water partition coefficient (Wildman–Crippen LogP) is 3.99. The number of nitrogens with one attached hydrogen (secondary N) is 1. The molecule has 0 bridgehead atoms. The van der Waals surface area contributed by atoms with Crippen molar-refractivity contribution in [2.45, 2.75) is 52.5 Å². The third-order valence-electron chi connectivity index (χ3n) is 3.34. The Bertz CT molecular complexity index is 462. The lowest BCUT2D eigenvalue weighted by Crippen LogP contribution is -2.48. The van der Waals surface area contributed by atoms with E-state index in [0.717, 1.165) is 24.3 Å². The Morgan fingerprint density at radius 3 is 2.68 bits per heavy atom. The summed E-state index contributed by atoms with van der Waals surface area (Å²) in [6.07, 6.45) is 2.54. The first-order valence-corrected chi connectivity index (χ1v) is 7.68. The van der Waals surface area contributed by atoms with Crippen molar-refractivity contribution in [2.75, 3.05) is 11.9 Å². The molecule has 3 N–H and O–H groups in total. The average Bonchev–Trinajstić information content (AvgIpc) is 2.38. The molecule has 1 unspecified atom stereocenters. The van der Waals surface area contributed by atoms with Gasteiger partial charge in [0, 0.05) is 11.8 Å². The van der Waals surface area contributed by atoms with Gasteiger partial charge in [-0.3, -0.25) is 4.79 Å². The van der Waals surface area contributed by atoms with E-state index < -0.39 is 5.54 Å². The SMILES string of the molecule is CCCC(C)(N)C(=O)Nc1cccc(OCCC(C)C)c1.Cl. The van der Waals surface area contributed by atoms with Crippen molar-refractivity contribution in [3.8, 4) is 5.75 Å². The number of hydrogen-bond acceptors (Lipinski definition) is 3. The fourth-order valence-corrected chi connectivity index (χ4v) is 1.98. The van der Waals surface area contributed by atoms with E-state index in [0.29, 0.717) is 18.9 Å². The van der Waals surface area contributed by atoms with Gasteiger partial charge in [-0.2, -0.15) is 0 Å². The minimum Gasteiger partial charge on any atom is -0.494 e. The van der Waals surface area contributed by atoms with Crippen LogP contribution in [0.5, 0.6) is 5.75 Å². The Hall–Kier alpha value is -1.26. The normalized spacial score (nSPS) is 13.2. The monoisotopic (exact) mass is 328 g/mol. The molecule has 126 valence electrons. The molecule has 0 heterocycles. The van der Waals surface area contributed by atoms with E-state index >= 15 is 0 Å². The van der Waals surface area contributed by atoms with Gasteiger partial charge in [0.15, 0.2) is 0 Å². The highest BCUT2D eigenvalue weighted by atomic mass is 35.5. The van der Waals surface area contributed by atoms with Crippen molar-refractivity contribution < 1.29 is 9.53 Å². The molecule has 0 aliphatic carbocycles. The first-order valence-electron chi connectivity index (χ1n) is 7.68. The molecule has 1 aromatic rings. The van der Waals surface area contributed by atoms with Gasteiger partial charge in [-0.25, -0.2) is 0 Å². The van der Waals surface area contributed by atoms with Crippen LogP contribution in [0, 0.1) is 5.92 Å². The van der Waals surface area contributed by atoms with Crippen LogP contribution in [0.2, 0.25) is 0 Å². The molecule has 4 nitrogen and oxygen atoms in total. The third kappa shape index (κ3) is 7.14. The standard InChI is InChI=1S/C17H28N2O2.ClH/c1-5-10-17(4,18)16(20)19-14-7-6-8-15(12-14)21-11-9-13(2)3;/h6-8,12-13H,5,9-11,18H2,1-4H3,(H,19,20);1H. The molecule has 1 amide bonds. The molecule has 1 rings (SSSR count). The summed E-state index contributed by atoms with van der Waals surface area (Å²) in [5, 5.41) is 2.86. The molecule has 5 heteroatoms. The van der Waals surface area contributed by atoms with Crippen LogP contribution < -0.4 is 15.8 Å². The van der Waals surface area contributed by atoms with Gasteiger partial charge in [0.25, 0.3) is 0 Å². The van der Waals surface area contributed by atoms with Crippen LogP contribution in [-0.2, 0) is 4.79 Å². The number of carbonyl (C=O) groups is 1. The Morgan fingerprint density at radius 1 is 1.41 bits per heavy atom. The van der Waals surface area contributed by atoms with E-state index in [1.165, 1.54) is 0 Å². The van der Waals surface area contributed by atoms with Crippen LogP contribution in [0.25, 0.3) is 0 Å². The van der Waals surface area contributed by atoms with Gasteiger partial charge in [-0.05, 0) is 37.8 Å². The van der Waals surface area contributed by atoms with E-state index in [9.17, 15) is 4.79 Å². The van der Waals surface area contributed by atoms with Gasteiger partial charge in [0.05, 0.1) is 12.1 Å². The van der Waals surface area contributed by atoms with E-state index in [1.807, 2.05) is 31.2 Å². The number of hydrogen-bond donors (Lipinski definition) is 2. The maximum Gasteiger partial charge on any atom is 0.244 e. The maximum absolute atomic E-state index is 12.2. The second kappa shape index (κ2) is 9.70. The first kappa shape index (κ1) is 20.7. The van der Waals surface area contributed by atoms with Gasteiger partial charge in [-0.1, -0.05) is 33.3 Å². The zero-order valence-electron chi connectivity index (χ0n) is 14.0. The van der Waals surface area contributed by atoms with E-state index in [2.05, 4.69) is 19.2 Å². The molecule has 0 spiro atoms. The fourth-order valence-electron chi connectivity index (χ4n) is 1.98. The lowest BCUT2D eigenvalue weighted by molar-refractivity contribution is -0.120. The van der Waals surface area contributed by atoms with Crippen molar-refractivity contribution in [3.63, 3.8) is 0 Å². The Morgan fingerprint density at radius 2 is 2.09 bits per heavy atom. The smallest absolute Gasteiger partial charge is 0.244 e. The van der Waals surface area contributed by atoms with Crippen LogP contribution in [0.1, 0.15) is 47.0 Å². The van der Waals surface area contributed by atoms with Crippen molar-refractivity contribution in [1.29, 1.82) is 0 Å². The van der Waals surface area contributed by atoms with Gasteiger partial charge in [0.2, 0.25) is 5.91 Å². The molecular weight excluding hydrogens is 300 g/mol. The first-order chi connectivity index (χ1) is 9.85. The maximum atomic E-state index is 12.2. The molecule has 22 heavy (non-hydrogen) atoms. The second-order valence-corrected chi connectivity index (χ2v) is 6.18. The summed E-state index contributed by atoms with van der Waals surface area (Å²) in [6.45, 7) is 8.78. The summed E-state index contributed by atoms with van der Waals surface area (Å²) in [4.78, 5) is 12.2. The molecule has 1 atom stereocenters. The van der Waals surface area contributed by atoms with E-state index in [-0.39, 0.29) is 18.3 Å². The second-order valence-electron chi connectivity index (χ2n) is 6.18. The number of rotatable bonds is 8. The highest BCUT2D eigenvalue weighted by Gasteiger charge is 2.27. The highest BCUT2D eigenvalue weighted by Crippen LogP contribution is 2.20. The van der Waals surface area contributed by atoms with Gasteiger partial charge < -0.3 is 15.8 Å². The number of halogens is 1. The van der Waals surface area contributed by atoms with Gasteiger partial charge in [-0.15, -0.1) is 12.4 Å². The number of anilines is 1. The average molecular weight is 329 g/mol. The van der Waals surface area contributed by atoms with Crippen LogP contribution in [-0.4, -0.2) is 18.1 Å². The Kier molecular flexibility index (Phi) is 9.14. The number of ether oxygens (including phenoxy) is 1. The van der Waals surface area contributed by atoms with Crippen LogP contribution in [0.15, 0.2) is 24.3 Å². The number of amides is 1. The summed E-state index contributed by atoms with van der Waals surface area (Å²) in [5.74, 6) is 1.21. The molecule has 0 aliphatic heterocycles. The van der Waals surface area contributed by atoms with Crippen molar-refractivity contribution >= 4 is 24.0 Å². The molecule has 1 aromatic carbocycles. The molecule has 0 saturated heterocycles. The number of carbonyl (C=O) groups excluding carboxylic acids is 1. The third-order valence-corrected chi connectivity index (χ3v) is 3.34. The lowest BCUT2D eigenvalue weighted by Gasteiger charge is -2.23. The van der Waals surface area contributed by atoms with Gasteiger partial charge >= 0.3 is 0 Å². The summed E-state index contributed by atoms with van der Waals surface area (Å²) < 4.78 is 5.69. The van der Waals surface area contributed by atoms with Crippen LogP contribution in [0.3, 0.4) is 0 Å². The highest BCUT2D eigenvalue weighted by molar-refractivity contribution is 5.97. The predicted molar refractivity (Wildman–Crippen MR) is 94.8 cm³/mol. The molecule has 0 aromatic heterocycles. The molecule has 0 fully saturated rings. The number of nitrogens with two attached hydrogens (primary N) is 1. The largest absolute Gasteiger partial charge is 0.494 e. The summed E-state index contributed by atoms with van der Waals surface area (Å²) in [7, 11) is 0. The zero-order valence-corrected chi connectivity index (χ0v) is 14.8. The molecule has 0 saturated carbocycles. The summed E-state index contributed by atoms with van der Waals surface area (Å²) in [6, 6.07) is 7.44. The van der Waals surface area contributed by atoms with E-state index in [4.69, 9.17) is 10.5 Å². The van der Waals surface area contributed by atoms with Crippen molar-refractivity contribution in [1.82, 2.24) is 0 Å². The van der Waals surface area contributed by atoms with Crippen LogP contribution in [0.4, 0.5) is 5.69 Å².